The van der Waals surface area contributed by atoms with Crippen molar-refractivity contribution >= 4 is 5.91 Å². The van der Waals surface area contributed by atoms with Crippen LogP contribution in [0.15, 0.2) is 0 Å². The monoisotopic (exact) mass is 254 g/mol. The number of hydrogen-bond acceptors (Lipinski definition) is 3. The van der Waals surface area contributed by atoms with Crippen LogP contribution in [0.4, 0.5) is 0 Å². The average molecular weight is 254 g/mol. The zero-order chi connectivity index (χ0) is 13.2. The third-order valence-electron chi connectivity index (χ3n) is 4.54. The van der Waals surface area contributed by atoms with Gasteiger partial charge in [0.1, 0.15) is 0 Å². The van der Waals surface area contributed by atoms with Crippen LogP contribution in [-0.4, -0.2) is 61.6 Å². The Hall–Kier alpha value is -0.610. The summed E-state index contributed by atoms with van der Waals surface area (Å²) in [7, 11) is 3.98. The molecule has 0 aromatic rings. The molecule has 1 atom stereocenters. The standard InChI is InChI=1S/C14H26N2O2/c1-4-5-13(17)16-10-14(11-16)8-12(9-18-3)6-7-15(14)2/h12H,4-11H2,1-3H3/t12-/m1/s1. The molecule has 2 fully saturated rings. The first-order chi connectivity index (χ1) is 8.61. The molecule has 2 aliphatic heterocycles. The van der Waals surface area contributed by atoms with Crippen LogP contribution in [0.1, 0.15) is 32.6 Å². The van der Waals surface area contributed by atoms with E-state index in [-0.39, 0.29) is 5.54 Å². The Balaban J connectivity index is 1.90. The maximum Gasteiger partial charge on any atom is 0.222 e. The van der Waals surface area contributed by atoms with E-state index in [1.165, 1.54) is 12.8 Å². The molecule has 2 heterocycles. The van der Waals surface area contributed by atoms with Gasteiger partial charge >= 0.3 is 0 Å². The third kappa shape index (κ3) is 2.54. The summed E-state index contributed by atoms with van der Waals surface area (Å²) in [5, 5.41) is 0. The number of likely N-dealkylation sites (N-methyl/N-ethyl adjacent to an activating group) is 1. The quantitative estimate of drug-likeness (QED) is 0.759. The average Bonchev–Trinajstić information content (AvgIpc) is 2.29. The predicted molar refractivity (Wildman–Crippen MR) is 71.4 cm³/mol. The molecule has 0 radical (unpaired) electrons. The largest absolute Gasteiger partial charge is 0.384 e. The molecule has 104 valence electrons. The molecule has 0 unspecified atom stereocenters. The lowest BCUT2D eigenvalue weighted by Gasteiger charge is -2.58. The third-order valence-corrected chi connectivity index (χ3v) is 4.54. The number of carbonyl (C=O) groups is 1. The second kappa shape index (κ2) is 5.57. The Morgan fingerprint density at radius 2 is 2.17 bits per heavy atom. The number of methoxy groups -OCH3 is 1. The van der Waals surface area contributed by atoms with Crippen molar-refractivity contribution in [2.75, 3.05) is 40.4 Å². The smallest absolute Gasteiger partial charge is 0.222 e. The molecule has 0 N–H and O–H groups in total. The maximum absolute atomic E-state index is 11.8. The Kier molecular flexibility index (Phi) is 4.28. The molecule has 4 nitrogen and oxygen atoms in total. The molecule has 18 heavy (non-hydrogen) atoms. The molecular formula is C14H26N2O2. The molecule has 1 spiro atoms. The second-order valence-electron chi connectivity index (χ2n) is 5.96. The maximum atomic E-state index is 11.8. The first-order valence-electron chi connectivity index (χ1n) is 7.09. The lowest BCUT2D eigenvalue weighted by atomic mass is 9.75. The van der Waals surface area contributed by atoms with E-state index in [4.69, 9.17) is 4.74 Å². The first-order valence-corrected chi connectivity index (χ1v) is 7.09. The van der Waals surface area contributed by atoms with Gasteiger partial charge in [0, 0.05) is 33.2 Å². The Morgan fingerprint density at radius 1 is 1.44 bits per heavy atom. The van der Waals surface area contributed by atoms with Gasteiger partial charge in [-0.2, -0.15) is 0 Å². The molecule has 1 amide bonds. The summed E-state index contributed by atoms with van der Waals surface area (Å²) in [6.45, 7) is 5.89. The summed E-state index contributed by atoms with van der Waals surface area (Å²) in [4.78, 5) is 16.3. The summed E-state index contributed by atoms with van der Waals surface area (Å²) in [6.07, 6.45) is 4.04. The fourth-order valence-corrected chi connectivity index (χ4v) is 3.37. The first kappa shape index (κ1) is 13.8. The van der Waals surface area contributed by atoms with E-state index in [0.29, 0.717) is 18.2 Å². The zero-order valence-corrected chi connectivity index (χ0v) is 11.9. The van der Waals surface area contributed by atoms with Gasteiger partial charge in [-0.3, -0.25) is 9.69 Å². The van der Waals surface area contributed by atoms with Crippen LogP contribution in [-0.2, 0) is 9.53 Å². The minimum absolute atomic E-state index is 0.241. The highest BCUT2D eigenvalue weighted by Crippen LogP contribution is 2.38. The highest BCUT2D eigenvalue weighted by molar-refractivity contribution is 5.77. The van der Waals surface area contributed by atoms with E-state index >= 15 is 0 Å². The number of hydrogen-bond donors (Lipinski definition) is 0. The molecule has 2 rings (SSSR count). The molecule has 0 aromatic carbocycles. The molecule has 4 heteroatoms. The lowest BCUT2D eigenvalue weighted by Crippen LogP contribution is -2.72. The topological polar surface area (TPSA) is 32.8 Å². The van der Waals surface area contributed by atoms with Crippen molar-refractivity contribution in [1.29, 1.82) is 0 Å². The summed E-state index contributed by atoms with van der Waals surface area (Å²) in [5.41, 5.74) is 0.241. The fourth-order valence-electron chi connectivity index (χ4n) is 3.37. The van der Waals surface area contributed by atoms with Crippen LogP contribution in [0, 0.1) is 5.92 Å². The highest BCUT2D eigenvalue weighted by atomic mass is 16.5. The van der Waals surface area contributed by atoms with E-state index in [1.54, 1.807) is 7.11 Å². The van der Waals surface area contributed by atoms with E-state index < -0.39 is 0 Å². The van der Waals surface area contributed by atoms with Crippen molar-refractivity contribution in [3.8, 4) is 0 Å². The summed E-state index contributed by atoms with van der Waals surface area (Å²) >= 11 is 0. The minimum Gasteiger partial charge on any atom is -0.384 e. The van der Waals surface area contributed by atoms with Gasteiger partial charge in [-0.25, -0.2) is 0 Å². The molecule has 2 saturated heterocycles. The summed E-state index contributed by atoms with van der Waals surface area (Å²) in [5.74, 6) is 0.986. The van der Waals surface area contributed by atoms with Gasteiger partial charge in [0.2, 0.25) is 5.91 Å². The Bertz CT molecular complexity index is 300. The van der Waals surface area contributed by atoms with Crippen LogP contribution < -0.4 is 0 Å². The van der Waals surface area contributed by atoms with Crippen LogP contribution in [0.2, 0.25) is 0 Å². The van der Waals surface area contributed by atoms with Gasteiger partial charge in [-0.05, 0) is 38.8 Å². The predicted octanol–water partition coefficient (Wildman–Crippen LogP) is 1.36. The van der Waals surface area contributed by atoms with Gasteiger partial charge in [0.05, 0.1) is 5.54 Å². The van der Waals surface area contributed by atoms with E-state index in [9.17, 15) is 4.79 Å². The molecular weight excluding hydrogens is 228 g/mol. The van der Waals surface area contributed by atoms with Crippen LogP contribution >= 0.6 is 0 Å². The van der Waals surface area contributed by atoms with Gasteiger partial charge in [0.15, 0.2) is 0 Å². The Morgan fingerprint density at radius 3 is 2.78 bits per heavy atom. The van der Waals surface area contributed by atoms with Crippen LogP contribution in [0.3, 0.4) is 0 Å². The van der Waals surface area contributed by atoms with Crippen molar-refractivity contribution in [2.45, 2.75) is 38.1 Å². The van der Waals surface area contributed by atoms with Crippen molar-refractivity contribution in [2.24, 2.45) is 5.92 Å². The van der Waals surface area contributed by atoms with E-state index in [2.05, 4.69) is 18.9 Å². The molecule has 0 aliphatic carbocycles. The van der Waals surface area contributed by atoms with E-state index in [1.807, 2.05) is 4.90 Å². The highest BCUT2D eigenvalue weighted by Gasteiger charge is 2.50. The van der Waals surface area contributed by atoms with Gasteiger partial charge in [-0.1, -0.05) is 6.92 Å². The van der Waals surface area contributed by atoms with Gasteiger partial charge in [0.25, 0.3) is 0 Å². The second-order valence-corrected chi connectivity index (χ2v) is 5.96. The van der Waals surface area contributed by atoms with Crippen molar-refractivity contribution < 1.29 is 9.53 Å². The van der Waals surface area contributed by atoms with E-state index in [0.717, 1.165) is 32.7 Å². The van der Waals surface area contributed by atoms with Crippen LogP contribution in [0.5, 0.6) is 0 Å². The van der Waals surface area contributed by atoms with Crippen molar-refractivity contribution in [1.82, 2.24) is 9.80 Å². The summed E-state index contributed by atoms with van der Waals surface area (Å²) in [6, 6.07) is 0. The number of carbonyl (C=O) groups excluding carboxylic acids is 1. The lowest BCUT2D eigenvalue weighted by molar-refractivity contribution is -0.151. The van der Waals surface area contributed by atoms with Crippen molar-refractivity contribution in [3.05, 3.63) is 0 Å². The minimum atomic E-state index is 0.241. The molecule has 0 saturated carbocycles. The normalized spacial score (nSPS) is 27.3. The SMILES string of the molecule is CCCC(=O)N1CC2(C[C@H](COC)CCN2C)C1. The number of piperidine rings is 1. The zero-order valence-electron chi connectivity index (χ0n) is 11.9. The molecule has 0 aromatic heterocycles. The molecule has 2 aliphatic rings. The van der Waals surface area contributed by atoms with Crippen molar-refractivity contribution in [3.63, 3.8) is 0 Å². The number of ether oxygens (including phenoxy) is 1. The van der Waals surface area contributed by atoms with Crippen LogP contribution in [0.25, 0.3) is 0 Å². The number of nitrogens with zero attached hydrogens (tertiary/aromatic N) is 2. The summed E-state index contributed by atoms with van der Waals surface area (Å²) < 4.78 is 5.29. The number of rotatable bonds is 4. The number of likely N-dealkylation sites (tertiary alicyclic amines) is 2. The van der Waals surface area contributed by atoms with Gasteiger partial charge < -0.3 is 9.64 Å². The van der Waals surface area contributed by atoms with Gasteiger partial charge in [-0.15, -0.1) is 0 Å². The Labute approximate surface area is 110 Å². The molecule has 0 bridgehead atoms. The number of amides is 1. The fraction of sp³-hybridized carbons (Fsp3) is 0.929.